The highest BCUT2D eigenvalue weighted by Crippen LogP contribution is 2.36. The molecule has 0 saturated carbocycles. The van der Waals surface area contributed by atoms with Crippen LogP contribution in [0.3, 0.4) is 0 Å². The largest absolute Gasteiger partial charge is 0.474 e. The highest BCUT2D eigenvalue weighted by Gasteiger charge is 2.22. The Balaban J connectivity index is 1.54. The van der Waals surface area contributed by atoms with E-state index in [9.17, 15) is 9.00 Å². The summed E-state index contributed by atoms with van der Waals surface area (Å²) >= 11 is 0. The maximum Gasteiger partial charge on any atom is 0.251 e. The number of rotatable bonds is 7. The Morgan fingerprint density at radius 3 is 2.55 bits per heavy atom. The standard InChI is InChI=1S/C28H31N5O4S/c1-17-15-19(26(34)29-2)7-10-23(17)31-28-32-25-24(27(33-28)37-20-11-13-36-14-12-20)22(16-30-25)18-5-8-21(9-6-18)38(3,4)35/h5-10,15-16,20H,3,11-14H2,1-2,4H3,(H,29,34)(H2,30,31,32,33). The molecular weight excluding hydrogens is 502 g/mol. The van der Waals surface area contributed by atoms with Gasteiger partial charge in [0.05, 0.1) is 18.6 Å². The Hall–Kier alpha value is -3.89. The van der Waals surface area contributed by atoms with Gasteiger partial charge in [-0.3, -0.25) is 9.00 Å². The highest BCUT2D eigenvalue weighted by atomic mass is 32.2. The number of carbonyl (C=O) groups is 1. The first-order chi connectivity index (χ1) is 18.2. The molecule has 1 saturated heterocycles. The van der Waals surface area contributed by atoms with Crippen LogP contribution in [0.25, 0.3) is 22.2 Å². The van der Waals surface area contributed by atoms with Crippen molar-refractivity contribution < 1.29 is 18.5 Å². The minimum absolute atomic E-state index is 0.0238. The molecule has 198 valence electrons. The van der Waals surface area contributed by atoms with Crippen molar-refractivity contribution in [3.63, 3.8) is 0 Å². The van der Waals surface area contributed by atoms with E-state index in [4.69, 9.17) is 19.4 Å². The van der Waals surface area contributed by atoms with Gasteiger partial charge in [0.1, 0.15) is 11.8 Å². The number of ether oxygens (including phenoxy) is 2. The molecule has 3 heterocycles. The second kappa shape index (κ2) is 10.5. The Kier molecular flexibility index (Phi) is 7.09. The van der Waals surface area contributed by atoms with Gasteiger partial charge < -0.3 is 25.1 Å². The van der Waals surface area contributed by atoms with Crippen LogP contribution in [0.1, 0.15) is 28.8 Å². The molecule has 0 spiro atoms. The van der Waals surface area contributed by atoms with Gasteiger partial charge in [-0.15, -0.1) is 0 Å². The number of aromatic nitrogens is 3. The van der Waals surface area contributed by atoms with Crippen LogP contribution in [0.15, 0.2) is 53.6 Å². The molecule has 1 fully saturated rings. The molecular formula is C28H31N5O4S. The van der Waals surface area contributed by atoms with Crippen LogP contribution in [0.2, 0.25) is 0 Å². The summed E-state index contributed by atoms with van der Waals surface area (Å²) in [5.74, 6) is 4.48. The molecule has 38 heavy (non-hydrogen) atoms. The minimum Gasteiger partial charge on any atom is -0.474 e. The van der Waals surface area contributed by atoms with Crippen LogP contribution in [-0.2, 0) is 14.3 Å². The second-order valence-electron chi connectivity index (χ2n) is 9.47. The van der Waals surface area contributed by atoms with E-state index in [1.165, 1.54) is 0 Å². The molecule has 1 unspecified atom stereocenters. The lowest BCUT2D eigenvalue weighted by molar-refractivity contribution is 0.0244. The number of nitrogens with zero attached hydrogens (tertiary/aromatic N) is 2. The van der Waals surface area contributed by atoms with Gasteiger partial charge in [0, 0.05) is 54.1 Å². The van der Waals surface area contributed by atoms with Crippen LogP contribution in [0.5, 0.6) is 5.88 Å². The number of aryl methyl sites for hydroxylation is 1. The Bertz CT molecular complexity index is 1590. The van der Waals surface area contributed by atoms with E-state index in [1.807, 2.05) is 49.5 Å². The van der Waals surface area contributed by atoms with E-state index in [-0.39, 0.29) is 12.0 Å². The molecule has 0 aliphatic carbocycles. The molecule has 0 radical (unpaired) electrons. The number of hydrogen-bond acceptors (Lipinski definition) is 7. The molecule has 5 rings (SSSR count). The predicted molar refractivity (Wildman–Crippen MR) is 151 cm³/mol. The molecule has 1 amide bonds. The van der Waals surface area contributed by atoms with Gasteiger partial charge in [0.25, 0.3) is 5.91 Å². The molecule has 4 aromatic rings. The monoisotopic (exact) mass is 533 g/mol. The van der Waals surface area contributed by atoms with Gasteiger partial charge in [0.15, 0.2) is 0 Å². The molecule has 1 atom stereocenters. The Labute approximate surface area is 222 Å². The van der Waals surface area contributed by atoms with E-state index in [0.29, 0.717) is 41.1 Å². The zero-order chi connectivity index (χ0) is 26.9. The van der Waals surface area contributed by atoms with Crippen molar-refractivity contribution >= 4 is 44.0 Å². The summed E-state index contributed by atoms with van der Waals surface area (Å²) in [6.45, 7) is 3.21. The Morgan fingerprint density at radius 1 is 1.16 bits per heavy atom. The molecule has 9 nitrogen and oxygen atoms in total. The van der Waals surface area contributed by atoms with Gasteiger partial charge in [0.2, 0.25) is 11.8 Å². The molecule has 1 aliphatic heterocycles. The lowest BCUT2D eigenvalue weighted by Gasteiger charge is -2.23. The first kappa shape index (κ1) is 25.7. The summed E-state index contributed by atoms with van der Waals surface area (Å²) in [6, 6.07) is 12.9. The number of carbonyl (C=O) groups excluding carboxylic acids is 1. The lowest BCUT2D eigenvalue weighted by atomic mass is 10.1. The third-order valence-corrected chi connectivity index (χ3v) is 7.84. The molecule has 1 aliphatic rings. The van der Waals surface area contributed by atoms with Gasteiger partial charge in [-0.1, -0.05) is 12.1 Å². The van der Waals surface area contributed by atoms with Crippen molar-refractivity contribution in [1.82, 2.24) is 20.3 Å². The summed E-state index contributed by atoms with van der Waals surface area (Å²) in [7, 11) is -0.700. The van der Waals surface area contributed by atoms with E-state index in [0.717, 1.165) is 40.6 Å². The fourth-order valence-electron chi connectivity index (χ4n) is 4.45. The SMILES string of the molecule is C=S(C)(=O)c1ccc(-c2c[nH]c3nc(Nc4ccc(C(=O)NC)cc4C)nc(OC4CCOCC4)c23)cc1. The minimum atomic E-state index is -2.31. The number of amides is 1. The third-order valence-electron chi connectivity index (χ3n) is 6.57. The number of H-pyrrole nitrogens is 1. The first-order valence-electron chi connectivity index (χ1n) is 12.4. The van der Waals surface area contributed by atoms with Crippen molar-refractivity contribution in [1.29, 1.82) is 0 Å². The summed E-state index contributed by atoms with van der Waals surface area (Å²) < 4.78 is 24.3. The summed E-state index contributed by atoms with van der Waals surface area (Å²) in [5.41, 5.74) is 4.68. The molecule has 3 N–H and O–H groups in total. The van der Waals surface area contributed by atoms with Crippen LogP contribution >= 0.6 is 0 Å². The molecule has 2 aromatic carbocycles. The summed E-state index contributed by atoms with van der Waals surface area (Å²) in [5, 5.41) is 6.69. The average molecular weight is 534 g/mol. The van der Waals surface area contributed by atoms with Gasteiger partial charge in [-0.2, -0.15) is 9.97 Å². The first-order valence-corrected chi connectivity index (χ1v) is 14.5. The smallest absolute Gasteiger partial charge is 0.251 e. The van der Waals surface area contributed by atoms with Crippen molar-refractivity contribution in [2.75, 3.05) is 31.8 Å². The topological polar surface area (TPSA) is 118 Å². The number of hydrogen-bond donors (Lipinski definition) is 3. The summed E-state index contributed by atoms with van der Waals surface area (Å²) in [6.07, 6.45) is 5.04. The predicted octanol–water partition coefficient (Wildman–Crippen LogP) is 4.30. The van der Waals surface area contributed by atoms with Crippen molar-refractivity contribution in [3.8, 4) is 17.0 Å². The van der Waals surface area contributed by atoms with Crippen molar-refractivity contribution in [2.45, 2.75) is 30.8 Å². The normalized spacial score (nSPS) is 15.7. The number of aromatic amines is 1. The van der Waals surface area contributed by atoms with Crippen LogP contribution in [0, 0.1) is 6.92 Å². The van der Waals surface area contributed by atoms with E-state index in [2.05, 4.69) is 21.5 Å². The average Bonchev–Trinajstić information content (AvgIpc) is 3.34. The number of benzene rings is 2. The fourth-order valence-corrected chi connectivity index (χ4v) is 5.16. The zero-order valence-electron chi connectivity index (χ0n) is 21.7. The van der Waals surface area contributed by atoms with E-state index in [1.54, 1.807) is 19.4 Å². The van der Waals surface area contributed by atoms with Crippen molar-refractivity contribution in [3.05, 3.63) is 59.8 Å². The Morgan fingerprint density at radius 2 is 1.89 bits per heavy atom. The second-order valence-corrected chi connectivity index (χ2v) is 12.0. The van der Waals surface area contributed by atoms with Crippen molar-refractivity contribution in [2.24, 2.45) is 0 Å². The third kappa shape index (κ3) is 5.36. The molecule has 2 aromatic heterocycles. The molecule has 0 bridgehead atoms. The highest BCUT2D eigenvalue weighted by molar-refractivity contribution is 7.99. The zero-order valence-corrected chi connectivity index (χ0v) is 22.5. The van der Waals surface area contributed by atoms with Crippen LogP contribution < -0.4 is 15.4 Å². The van der Waals surface area contributed by atoms with Crippen LogP contribution in [0.4, 0.5) is 11.6 Å². The number of nitrogens with one attached hydrogen (secondary N) is 3. The maximum atomic E-state index is 12.4. The van der Waals surface area contributed by atoms with Gasteiger partial charge in [-0.25, -0.2) is 0 Å². The van der Waals surface area contributed by atoms with E-state index < -0.39 is 9.52 Å². The number of anilines is 2. The quantitative estimate of drug-likeness (QED) is 0.303. The maximum absolute atomic E-state index is 12.4. The summed E-state index contributed by atoms with van der Waals surface area (Å²) in [4.78, 5) is 25.5. The lowest BCUT2D eigenvalue weighted by Crippen LogP contribution is -2.26. The van der Waals surface area contributed by atoms with Gasteiger partial charge in [-0.05, 0) is 63.8 Å². The van der Waals surface area contributed by atoms with Crippen LogP contribution in [-0.4, -0.2) is 63.6 Å². The van der Waals surface area contributed by atoms with E-state index >= 15 is 0 Å². The fraction of sp³-hybridized carbons (Fsp3) is 0.286. The number of fused-ring (bicyclic) bond motifs is 1. The molecule has 10 heteroatoms. The van der Waals surface area contributed by atoms with Gasteiger partial charge >= 0.3 is 0 Å².